The van der Waals surface area contributed by atoms with Crippen molar-refractivity contribution in [3.05, 3.63) is 29.6 Å². The lowest BCUT2D eigenvalue weighted by Crippen LogP contribution is -2.38. The van der Waals surface area contributed by atoms with Crippen molar-refractivity contribution in [1.29, 1.82) is 0 Å². The average molecular weight is 434 g/mol. The van der Waals surface area contributed by atoms with E-state index in [2.05, 4.69) is 15.6 Å². The predicted octanol–water partition coefficient (Wildman–Crippen LogP) is 3.51. The third-order valence-corrected chi connectivity index (χ3v) is 3.80. The number of hydrogen-bond donors (Lipinski definition) is 2. The minimum absolute atomic E-state index is 0. The van der Waals surface area contributed by atoms with Crippen molar-refractivity contribution >= 4 is 35.6 Å². The Hall–Kier alpha value is -1.05. The number of anilines is 1. The van der Waals surface area contributed by atoms with Crippen molar-refractivity contribution in [3.63, 3.8) is 0 Å². The van der Waals surface area contributed by atoms with E-state index in [4.69, 9.17) is 0 Å². The Morgan fingerprint density at radius 2 is 1.96 bits per heavy atom. The van der Waals surface area contributed by atoms with Crippen LogP contribution in [0.15, 0.2) is 23.2 Å². The van der Waals surface area contributed by atoms with Crippen molar-refractivity contribution in [2.24, 2.45) is 4.99 Å². The van der Waals surface area contributed by atoms with Gasteiger partial charge in [-0.3, -0.25) is 0 Å². The summed E-state index contributed by atoms with van der Waals surface area (Å²) in [6.07, 6.45) is 2.41. The summed E-state index contributed by atoms with van der Waals surface area (Å²) in [5.41, 5.74) is 1.56. The smallest absolute Gasteiger partial charge is 0.191 e. The van der Waals surface area contributed by atoms with Crippen molar-refractivity contribution in [1.82, 2.24) is 10.6 Å². The second kappa shape index (κ2) is 9.95. The molecule has 1 fully saturated rings. The molecular formula is C17H28FIN4. The van der Waals surface area contributed by atoms with Gasteiger partial charge in [-0.2, -0.15) is 0 Å². The van der Waals surface area contributed by atoms with Crippen LogP contribution in [0, 0.1) is 5.82 Å². The molecule has 0 saturated heterocycles. The van der Waals surface area contributed by atoms with Crippen molar-refractivity contribution in [2.45, 2.75) is 46.2 Å². The Morgan fingerprint density at radius 3 is 2.48 bits per heavy atom. The van der Waals surface area contributed by atoms with Gasteiger partial charge in [0.15, 0.2) is 5.96 Å². The summed E-state index contributed by atoms with van der Waals surface area (Å²) in [4.78, 5) is 6.55. The first-order valence-electron chi connectivity index (χ1n) is 8.26. The van der Waals surface area contributed by atoms with Crippen LogP contribution in [0.1, 0.15) is 39.2 Å². The molecule has 1 aliphatic carbocycles. The molecule has 6 heteroatoms. The van der Waals surface area contributed by atoms with Crippen molar-refractivity contribution < 1.29 is 4.39 Å². The maximum atomic E-state index is 14.2. The molecule has 1 aliphatic rings. The first-order chi connectivity index (χ1) is 10.7. The largest absolute Gasteiger partial charge is 0.370 e. The van der Waals surface area contributed by atoms with Crippen LogP contribution >= 0.6 is 24.0 Å². The molecule has 23 heavy (non-hydrogen) atoms. The molecule has 0 heterocycles. The number of nitrogens with zero attached hydrogens (tertiary/aromatic N) is 2. The normalized spacial score (nSPS) is 14.2. The maximum Gasteiger partial charge on any atom is 0.191 e. The van der Waals surface area contributed by atoms with Gasteiger partial charge >= 0.3 is 0 Å². The summed E-state index contributed by atoms with van der Waals surface area (Å²) in [6.45, 7) is 9.04. The van der Waals surface area contributed by atoms with Gasteiger partial charge in [0.05, 0.1) is 12.2 Å². The number of aliphatic imine (C=N–C) groups is 1. The molecule has 0 bridgehead atoms. The van der Waals surface area contributed by atoms with Crippen LogP contribution in [0.4, 0.5) is 10.1 Å². The molecule has 2 rings (SSSR count). The van der Waals surface area contributed by atoms with E-state index in [-0.39, 0.29) is 29.8 Å². The van der Waals surface area contributed by atoms with Crippen molar-refractivity contribution in [2.75, 3.05) is 24.5 Å². The molecule has 0 atom stereocenters. The summed E-state index contributed by atoms with van der Waals surface area (Å²) in [5.74, 6) is 0.648. The zero-order valence-electron chi connectivity index (χ0n) is 14.2. The highest BCUT2D eigenvalue weighted by Crippen LogP contribution is 2.21. The molecule has 1 aromatic rings. The van der Waals surface area contributed by atoms with Crippen LogP contribution < -0.4 is 15.5 Å². The topological polar surface area (TPSA) is 39.7 Å². The third kappa shape index (κ3) is 6.16. The average Bonchev–Trinajstić information content (AvgIpc) is 3.32. The molecule has 2 N–H and O–H groups in total. The lowest BCUT2D eigenvalue weighted by atomic mass is 10.2. The van der Waals surface area contributed by atoms with E-state index in [0.29, 0.717) is 18.3 Å². The maximum absolute atomic E-state index is 14.2. The van der Waals surface area contributed by atoms with Gasteiger partial charge in [0, 0.05) is 25.7 Å². The third-order valence-electron chi connectivity index (χ3n) is 3.80. The van der Waals surface area contributed by atoms with Crippen LogP contribution in [0.2, 0.25) is 0 Å². The first kappa shape index (κ1) is 20.0. The molecule has 130 valence electrons. The monoisotopic (exact) mass is 434 g/mol. The van der Waals surface area contributed by atoms with Gasteiger partial charge in [-0.15, -0.1) is 24.0 Å². The molecule has 0 unspecified atom stereocenters. The van der Waals surface area contributed by atoms with Gasteiger partial charge in [-0.1, -0.05) is 6.07 Å². The van der Waals surface area contributed by atoms with Crippen LogP contribution in [0.25, 0.3) is 0 Å². The number of rotatable bonds is 7. The lowest BCUT2D eigenvalue weighted by molar-refractivity contribution is 0.617. The molecule has 1 aromatic carbocycles. The first-order valence-corrected chi connectivity index (χ1v) is 8.26. The summed E-state index contributed by atoms with van der Waals surface area (Å²) >= 11 is 0. The zero-order chi connectivity index (χ0) is 15.9. The predicted molar refractivity (Wildman–Crippen MR) is 106 cm³/mol. The van der Waals surface area contributed by atoms with Gasteiger partial charge in [-0.05, 0) is 51.3 Å². The van der Waals surface area contributed by atoms with E-state index < -0.39 is 0 Å². The number of halogens is 2. The number of nitrogens with one attached hydrogen (secondary N) is 2. The molecule has 0 amide bonds. The van der Waals surface area contributed by atoms with Crippen LogP contribution in [0.5, 0.6) is 0 Å². The van der Waals surface area contributed by atoms with E-state index in [9.17, 15) is 4.39 Å². The Balaban J connectivity index is 0.00000264. The highest BCUT2D eigenvalue weighted by molar-refractivity contribution is 14.0. The van der Waals surface area contributed by atoms with Crippen LogP contribution in [-0.2, 0) is 6.54 Å². The van der Waals surface area contributed by atoms with Gasteiger partial charge in [0.2, 0.25) is 0 Å². The second-order valence-electron chi connectivity index (χ2n) is 5.57. The molecule has 0 aromatic heterocycles. The number of hydrogen-bond acceptors (Lipinski definition) is 2. The molecule has 0 aliphatic heterocycles. The number of benzene rings is 1. The van der Waals surface area contributed by atoms with Crippen molar-refractivity contribution in [3.8, 4) is 0 Å². The molecule has 0 spiro atoms. The van der Waals surface area contributed by atoms with Crippen LogP contribution in [0.3, 0.4) is 0 Å². The Morgan fingerprint density at radius 1 is 1.26 bits per heavy atom. The fourth-order valence-corrected chi connectivity index (χ4v) is 2.38. The van der Waals surface area contributed by atoms with E-state index in [1.165, 1.54) is 12.8 Å². The van der Waals surface area contributed by atoms with E-state index >= 15 is 0 Å². The number of guanidine groups is 1. The fraction of sp³-hybridized carbons (Fsp3) is 0.588. The van der Waals surface area contributed by atoms with Gasteiger partial charge in [0.25, 0.3) is 0 Å². The van der Waals surface area contributed by atoms with Gasteiger partial charge in [0.1, 0.15) is 5.82 Å². The Labute approximate surface area is 156 Å². The highest BCUT2D eigenvalue weighted by atomic mass is 127. The quantitative estimate of drug-likeness (QED) is 0.392. The van der Waals surface area contributed by atoms with E-state index in [1.807, 2.05) is 37.8 Å². The minimum Gasteiger partial charge on any atom is -0.370 e. The van der Waals surface area contributed by atoms with Crippen LogP contribution in [-0.4, -0.2) is 31.6 Å². The second-order valence-corrected chi connectivity index (χ2v) is 5.57. The zero-order valence-corrected chi connectivity index (χ0v) is 16.6. The summed E-state index contributed by atoms with van der Waals surface area (Å²) in [5, 5.41) is 6.59. The van der Waals surface area contributed by atoms with E-state index in [0.717, 1.165) is 31.2 Å². The molecule has 4 nitrogen and oxygen atoms in total. The summed E-state index contributed by atoms with van der Waals surface area (Å²) in [6, 6.07) is 5.97. The standard InChI is InChI=1S/C17H27FN4.HI/c1-4-19-17(21-14-8-9-14)20-12-13-7-10-16(15(18)11-13)22(5-2)6-3;/h7,10-11,14H,4-6,8-9,12H2,1-3H3,(H2,19,20,21);1H. The lowest BCUT2D eigenvalue weighted by Gasteiger charge is -2.21. The minimum atomic E-state index is -0.170. The molecule has 0 radical (unpaired) electrons. The molecular weight excluding hydrogens is 406 g/mol. The highest BCUT2D eigenvalue weighted by Gasteiger charge is 2.22. The molecule has 1 saturated carbocycles. The van der Waals surface area contributed by atoms with E-state index in [1.54, 1.807) is 6.07 Å². The Kier molecular flexibility index (Phi) is 8.65. The summed E-state index contributed by atoms with van der Waals surface area (Å²) in [7, 11) is 0. The Bertz CT molecular complexity index is 513. The SMILES string of the molecule is CCNC(=NCc1ccc(N(CC)CC)c(F)c1)NC1CC1.I. The fourth-order valence-electron chi connectivity index (χ4n) is 2.38. The summed E-state index contributed by atoms with van der Waals surface area (Å²) < 4.78 is 14.2. The van der Waals surface area contributed by atoms with Gasteiger partial charge in [-0.25, -0.2) is 9.38 Å². The van der Waals surface area contributed by atoms with Gasteiger partial charge < -0.3 is 15.5 Å².